The van der Waals surface area contributed by atoms with Gasteiger partial charge >= 0.3 is 0 Å². The molecule has 0 amide bonds. The van der Waals surface area contributed by atoms with Gasteiger partial charge in [0.2, 0.25) is 0 Å². The number of aromatic nitrogens is 2. The number of hydrogen-bond donors (Lipinski definition) is 0. The third-order valence-electron chi connectivity index (χ3n) is 3.73. The molecule has 0 spiro atoms. The summed E-state index contributed by atoms with van der Waals surface area (Å²) in [5.74, 6) is 0. The average molecular weight is 343 g/mol. The Hall–Kier alpha value is -1.56. The van der Waals surface area contributed by atoms with Crippen molar-refractivity contribution in [1.29, 1.82) is 0 Å². The molecule has 0 aliphatic rings. The number of fused-ring (bicyclic) bond motifs is 1. The Morgan fingerprint density at radius 2 is 1.41 bits per heavy atom. The molecule has 0 fully saturated rings. The first-order valence-electron chi connectivity index (χ1n) is 7.03. The van der Waals surface area contributed by atoms with Crippen LogP contribution in [-0.2, 0) is 0 Å². The lowest BCUT2D eigenvalue weighted by Gasteiger charge is -2.08. The lowest BCUT2D eigenvalue weighted by atomic mass is 10.0. The van der Waals surface area contributed by atoms with Crippen LogP contribution < -0.4 is 0 Å². The average Bonchev–Trinajstić information content (AvgIpc) is 3.19. The molecule has 4 rings (SSSR count). The second kappa shape index (κ2) is 5.26. The van der Waals surface area contributed by atoms with Crippen molar-refractivity contribution >= 4 is 45.4 Å². The van der Waals surface area contributed by atoms with Crippen LogP contribution in [0.25, 0.3) is 31.9 Å². The summed E-state index contributed by atoms with van der Waals surface area (Å²) in [6.07, 6.45) is 0. The van der Waals surface area contributed by atoms with Crippen molar-refractivity contribution in [3.8, 4) is 20.9 Å². The van der Waals surface area contributed by atoms with Gasteiger partial charge in [0.1, 0.15) is 11.0 Å². The van der Waals surface area contributed by atoms with Crippen LogP contribution in [0.3, 0.4) is 0 Å². The summed E-state index contributed by atoms with van der Waals surface area (Å²) < 4.78 is 9.18. The van der Waals surface area contributed by atoms with Gasteiger partial charge in [0, 0.05) is 30.6 Å². The van der Waals surface area contributed by atoms with Gasteiger partial charge in [-0.15, -0.1) is 22.7 Å². The zero-order valence-electron chi connectivity index (χ0n) is 12.5. The highest BCUT2D eigenvalue weighted by atomic mass is 32.1. The lowest BCUT2D eigenvalue weighted by Crippen LogP contribution is -1.87. The van der Waals surface area contributed by atoms with Gasteiger partial charge in [-0.2, -0.15) is 8.75 Å². The SMILES string of the molecule is Cc1ccc(-c2cc(C)c(-c3ccc(C)s3)c3nsnc23)s1. The van der Waals surface area contributed by atoms with E-state index in [-0.39, 0.29) is 0 Å². The fourth-order valence-corrected chi connectivity index (χ4v) is 5.15. The normalized spacial score (nSPS) is 11.4. The Labute approximate surface area is 141 Å². The van der Waals surface area contributed by atoms with Gasteiger partial charge in [-0.1, -0.05) is 0 Å². The Morgan fingerprint density at radius 1 is 0.773 bits per heavy atom. The Balaban J connectivity index is 2.02. The van der Waals surface area contributed by atoms with Crippen molar-refractivity contribution in [2.75, 3.05) is 0 Å². The topological polar surface area (TPSA) is 25.8 Å². The maximum absolute atomic E-state index is 4.60. The van der Waals surface area contributed by atoms with Crippen molar-refractivity contribution in [1.82, 2.24) is 8.75 Å². The molecule has 4 aromatic rings. The van der Waals surface area contributed by atoms with Crippen molar-refractivity contribution in [2.45, 2.75) is 20.8 Å². The van der Waals surface area contributed by atoms with Crippen LogP contribution >= 0.6 is 34.4 Å². The summed E-state index contributed by atoms with van der Waals surface area (Å²) >= 11 is 4.93. The third kappa shape index (κ3) is 2.20. The molecule has 0 N–H and O–H groups in total. The van der Waals surface area contributed by atoms with E-state index in [0.29, 0.717) is 0 Å². The minimum atomic E-state index is 1.03. The van der Waals surface area contributed by atoms with Crippen LogP contribution in [0.2, 0.25) is 0 Å². The Bertz CT molecular complexity index is 975. The smallest absolute Gasteiger partial charge is 0.114 e. The molecule has 110 valence electrons. The van der Waals surface area contributed by atoms with E-state index in [1.54, 1.807) is 0 Å². The molecule has 3 aromatic heterocycles. The molecule has 0 atom stereocenters. The van der Waals surface area contributed by atoms with Gasteiger partial charge in [0.25, 0.3) is 0 Å². The molecule has 0 aliphatic carbocycles. The highest BCUT2D eigenvalue weighted by molar-refractivity contribution is 7.16. The lowest BCUT2D eigenvalue weighted by molar-refractivity contribution is 1.48. The van der Waals surface area contributed by atoms with Gasteiger partial charge in [-0.3, -0.25) is 0 Å². The molecule has 0 radical (unpaired) electrons. The van der Waals surface area contributed by atoms with Gasteiger partial charge in [0.15, 0.2) is 0 Å². The first-order valence-corrected chi connectivity index (χ1v) is 9.39. The number of hydrogen-bond acceptors (Lipinski definition) is 5. The minimum absolute atomic E-state index is 1.03. The van der Waals surface area contributed by atoms with Gasteiger partial charge < -0.3 is 0 Å². The highest BCUT2D eigenvalue weighted by Crippen LogP contribution is 2.41. The first kappa shape index (κ1) is 14.1. The van der Waals surface area contributed by atoms with Crippen molar-refractivity contribution in [3.63, 3.8) is 0 Å². The molecule has 3 heterocycles. The number of aryl methyl sites for hydroxylation is 3. The van der Waals surface area contributed by atoms with Crippen molar-refractivity contribution < 1.29 is 0 Å². The molecule has 0 aliphatic heterocycles. The summed E-state index contributed by atoms with van der Waals surface area (Å²) in [5, 5.41) is 0. The molecular weight excluding hydrogens is 328 g/mol. The Kier molecular flexibility index (Phi) is 3.36. The zero-order chi connectivity index (χ0) is 15.3. The van der Waals surface area contributed by atoms with Crippen LogP contribution in [0.1, 0.15) is 15.3 Å². The van der Waals surface area contributed by atoms with E-state index in [1.165, 1.54) is 47.9 Å². The molecule has 0 saturated carbocycles. The quantitative estimate of drug-likeness (QED) is 0.441. The van der Waals surface area contributed by atoms with Crippen molar-refractivity contribution in [3.05, 3.63) is 45.6 Å². The van der Waals surface area contributed by atoms with E-state index < -0.39 is 0 Å². The summed E-state index contributed by atoms with van der Waals surface area (Å²) in [4.78, 5) is 5.19. The van der Waals surface area contributed by atoms with E-state index in [1.807, 2.05) is 22.7 Å². The fourth-order valence-electron chi connectivity index (χ4n) is 2.72. The molecule has 2 nitrogen and oxygen atoms in total. The summed E-state index contributed by atoms with van der Waals surface area (Å²) in [6.45, 7) is 6.45. The molecular formula is C17H14N2S3. The van der Waals surface area contributed by atoms with Crippen LogP contribution in [-0.4, -0.2) is 8.75 Å². The number of thiophene rings is 2. The second-order valence-corrected chi connectivity index (χ2v) is 8.50. The van der Waals surface area contributed by atoms with Crippen LogP contribution in [0, 0.1) is 20.8 Å². The predicted octanol–water partition coefficient (Wildman–Crippen LogP) is 6.07. The predicted molar refractivity (Wildman–Crippen MR) is 98.3 cm³/mol. The third-order valence-corrected chi connectivity index (χ3v) is 6.31. The van der Waals surface area contributed by atoms with Gasteiger partial charge in [-0.25, -0.2) is 0 Å². The zero-order valence-corrected chi connectivity index (χ0v) is 15.0. The summed E-state index contributed by atoms with van der Waals surface area (Å²) in [7, 11) is 0. The maximum Gasteiger partial charge on any atom is 0.114 e. The number of benzene rings is 1. The van der Waals surface area contributed by atoms with E-state index in [9.17, 15) is 0 Å². The van der Waals surface area contributed by atoms with E-state index >= 15 is 0 Å². The van der Waals surface area contributed by atoms with Crippen LogP contribution in [0.15, 0.2) is 30.3 Å². The maximum atomic E-state index is 4.60. The van der Waals surface area contributed by atoms with E-state index in [0.717, 1.165) is 11.0 Å². The molecule has 0 unspecified atom stereocenters. The van der Waals surface area contributed by atoms with Gasteiger partial charge in [-0.05, 0) is 56.7 Å². The fraction of sp³-hybridized carbons (Fsp3) is 0.176. The summed E-state index contributed by atoms with van der Waals surface area (Å²) in [6, 6.07) is 11.0. The van der Waals surface area contributed by atoms with E-state index in [4.69, 9.17) is 0 Å². The Morgan fingerprint density at radius 3 is 2.05 bits per heavy atom. The van der Waals surface area contributed by atoms with Crippen LogP contribution in [0.5, 0.6) is 0 Å². The molecule has 0 bridgehead atoms. The number of nitrogens with zero attached hydrogens (tertiary/aromatic N) is 2. The molecule has 0 saturated heterocycles. The second-order valence-electron chi connectivity index (χ2n) is 5.40. The first-order chi connectivity index (χ1) is 10.6. The molecule has 22 heavy (non-hydrogen) atoms. The monoisotopic (exact) mass is 342 g/mol. The molecule has 5 heteroatoms. The largest absolute Gasteiger partial charge is 0.172 e. The highest BCUT2D eigenvalue weighted by Gasteiger charge is 2.18. The molecule has 1 aromatic carbocycles. The standard InChI is InChI=1S/C17H14N2S3/c1-9-8-12(13-6-4-10(2)20-13)16-17(19-22-18-16)15(9)14-7-5-11(3)21-14/h4-8H,1-3H3. The summed E-state index contributed by atoms with van der Waals surface area (Å²) in [5.41, 5.74) is 5.77. The van der Waals surface area contributed by atoms with Gasteiger partial charge in [0.05, 0.1) is 11.7 Å². The number of rotatable bonds is 2. The van der Waals surface area contributed by atoms with Crippen LogP contribution in [0.4, 0.5) is 0 Å². The minimum Gasteiger partial charge on any atom is -0.172 e. The van der Waals surface area contributed by atoms with E-state index in [2.05, 4.69) is 59.9 Å². The van der Waals surface area contributed by atoms with Crippen molar-refractivity contribution in [2.24, 2.45) is 0 Å².